The van der Waals surface area contributed by atoms with Crippen LogP contribution >= 0.6 is 11.3 Å². The lowest BCUT2D eigenvalue weighted by Gasteiger charge is -2.09. The van der Waals surface area contributed by atoms with Gasteiger partial charge in [-0.25, -0.2) is 9.78 Å². The van der Waals surface area contributed by atoms with Crippen LogP contribution in [0.2, 0.25) is 0 Å². The molecule has 1 heterocycles. The van der Waals surface area contributed by atoms with E-state index in [4.69, 9.17) is 4.74 Å². The summed E-state index contributed by atoms with van der Waals surface area (Å²) in [5, 5.41) is 27.5. The topological polar surface area (TPSA) is 104 Å². The van der Waals surface area contributed by atoms with Gasteiger partial charge in [0.05, 0.1) is 5.69 Å². The van der Waals surface area contributed by atoms with Crippen molar-refractivity contribution in [2.75, 3.05) is 10.6 Å². The normalized spacial score (nSPS) is 10.5. The summed E-state index contributed by atoms with van der Waals surface area (Å²) in [4.78, 5) is 16.6. The van der Waals surface area contributed by atoms with Crippen molar-refractivity contribution >= 4 is 33.9 Å². The summed E-state index contributed by atoms with van der Waals surface area (Å²) in [5.74, 6) is -0.373. The number of aromatic nitrogens is 1. The molecule has 0 aliphatic rings. The van der Waals surface area contributed by atoms with E-state index in [2.05, 4.69) is 15.6 Å². The molecule has 8 heteroatoms. The van der Waals surface area contributed by atoms with Crippen LogP contribution in [0.5, 0.6) is 11.5 Å². The molecule has 0 radical (unpaired) electrons. The Morgan fingerprint density at radius 3 is 2.55 bits per heavy atom. The van der Waals surface area contributed by atoms with Gasteiger partial charge in [-0.15, -0.1) is 11.3 Å². The third-order valence-electron chi connectivity index (χ3n) is 4.35. The molecular weight excluding hydrogens is 414 g/mol. The van der Waals surface area contributed by atoms with Crippen LogP contribution in [0.4, 0.5) is 21.3 Å². The summed E-state index contributed by atoms with van der Waals surface area (Å²) >= 11 is 1.40. The Kier molecular flexibility index (Phi) is 6.00. The third kappa shape index (κ3) is 5.31. The number of thiazole rings is 1. The van der Waals surface area contributed by atoms with Crippen molar-refractivity contribution < 1.29 is 19.7 Å². The van der Waals surface area contributed by atoms with Crippen molar-refractivity contribution in [3.63, 3.8) is 0 Å². The zero-order valence-corrected chi connectivity index (χ0v) is 17.1. The number of benzene rings is 3. The van der Waals surface area contributed by atoms with Crippen LogP contribution in [0.3, 0.4) is 0 Å². The maximum atomic E-state index is 12.1. The van der Waals surface area contributed by atoms with Crippen LogP contribution in [-0.2, 0) is 11.3 Å². The Labute approximate surface area is 182 Å². The molecule has 1 amide bonds. The van der Waals surface area contributed by atoms with Crippen molar-refractivity contribution in [2.45, 2.75) is 6.61 Å². The van der Waals surface area contributed by atoms with E-state index in [0.29, 0.717) is 22.1 Å². The predicted molar refractivity (Wildman–Crippen MR) is 121 cm³/mol. The molecule has 0 saturated carbocycles. The lowest BCUT2D eigenvalue weighted by Crippen LogP contribution is -2.13. The second-order valence-electron chi connectivity index (χ2n) is 6.63. The number of ether oxygens (including phenoxy) is 1. The second kappa shape index (κ2) is 9.19. The fourth-order valence-electron chi connectivity index (χ4n) is 2.82. The standard InChI is InChI=1S/C23H19N3O4S/c27-20-10-9-16(11-21(20)28)19-14-31-22(26-19)24-17-7-4-8-18(12-17)25-23(29)30-13-15-5-2-1-3-6-15/h1-12,14,27-28H,13H2,(H,24,26)(H,25,29). The van der Waals surface area contributed by atoms with Crippen LogP contribution in [0.25, 0.3) is 11.3 Å². The first kappa shape index (κ1) is 20.2. The van der Waals surface area contributed by atoms with Gasteiger partial charge in [-0.2, -0.15) is 0 Å². The molecule has 0 saturated heterocycles. The number of hydrogen-bond donors (Lipinski definition) is 4. The van der Waals surface area contributed by atoms with Crippen LogP contribution in [-0.4, -0.2) is 21.3 Å². The maximum absolute atomic E-state index is 12.1. The number of carbonyl (C=O) groups excluding carboxylic acids is 1. The SMILES string of the molecule is O=C(Nc1cccc(Nc2nc(-c3ccc(O)c(O)c3)cs2)c1)OCc1ccccc1. The molecule has 7 nitrogen and oxygen atoms in total. The number of nitrogens with one attached hydrogen (secondary N) is 2. The summed E-state index contributed by atoms with van der Waals surface area (Å²) in [6.45, 7) is 0.194. The van der Waals surface area contributed by atoms with Crippen LogP contribution < -0.4 is 10.6 Å². The van der Waals surface area contributed by atoms with Crippen LogP contribution in [0.1, 0.15) is 5.56 Å². The first-order valence-corrected chi connectivity index (χ1v) is 10.3. The highest BCUT2D eigenvalue weighted by atomic mass is 32.1. The monoisotopic (exact) mass is 433 g/mol. The predicted octanol–water partition coefficient (Wildman–Crippen LogP) is 5.71. The third-order valence-corrected chi connectivity index (χ3v) is 5.11. The number of phenols is 2. The van der Waals surface area contributed by atoms with Crippen molar-refractivity contribution in [2.24, 2.45) is 0 Å². The van der Waals surface area contributed by atoms with Gasteiger partial charge in [0.1, 0.15) is 6.61 Å². The summed E-state index contributed by atoms with van der Waals surface area (Å²) in [5.41, 5.74) is 3.60. The van der Waals surface area contributed by atoms with Gasteiger partial charge in [0.2, 0.25) is 0 Å². The Morgan fingerprint density at radius 1 is 0.935 bits per heavy atom. The number of amides is 1. The fraction of sp³-hybridized carbons (Fsp3) is 0.0435. The Balaban J connectivity index is 1.38. The highest BCUT2D eigenvalue weighted by Gasteiger charge is 2.09. The molecule has 0 unspecified atom stereocenters. The highest BCUT2D eigenvalue weighted by molar-refractivity contribution is 7.14. The van der Waals surface area contributed by atoms with E-state index >= 15 is 0 Å². The van der Waals surface area contributed by atoms with Crippen molar-refractivity contribution in [1.82, 2.24) is 4.98 Å². The number of carbonyl (C=O) groups is 1. The van der Waals surface area contributed by atoms with Crippen molar-refractivity contribution in [1.29, 1.82) is 0 Å². The molecule has 4 aromatic rings. The minimum atomic E-state index is -0.537. The molecule has 0 bridgehead atoms. The molecule has 156 valence electrons. The van der Waals surface area contributed by atoms with Gasteiger partial charge in [-0.05, 0) is 42.0 Å². The maximum Gasteiger partial charge on any atom is 0.411 e. The van der Waals surface area contributed by atoms with Crippen LogP contribution in [0.15, 0.2) is 78.2 Å². The smallest absolute Gasteiger partial charge is 0.411 e. The van der Waals surface area contributed by atoms with Gasteiger partial charge in [0.15, 0.2) is 16.6 Å². The zero-order valence-electron chi connectivity index (χ0n) is 16.3. The molecular formula is C23H19N3O4S. The molecule has 0 aliphatic heterocycles. The molecule has 4 N–H and O–H groups in total. The molecule has 0 aliphatic carbocycles. The largest absolute Gasteiger partial charge is 0.504 e. The van der Waals surface area contributed by atoms with E-state index in [0.717, 1.165) is 11.3 Å². The number of anilines is 3. The van der Waals surface area contributed by atoms with E-state index in [1.54, 1.807) is 18.2 Å². The Bertz CT molecular complexity index is 1190. The molecule has 3 aromatic carbocycles. The molecule has 4 rings (SSSR count). The van der Waals surface area contributed by atoms with Gasteiger partial charge in [0, 0.05) is 22.3 Å². The Hall–Kier alpha value is -4.04. The highest BCUT2D eigenvalue weighted by Crippen LogP contribution is 2.33. The molecule has 31 heavy (non-hydrogen) atoms. The lowest BCUT2D eigenvalue weighted by molar-refractivity contribution is 0.155. The first-order valence-electron chi connectivity index (χ1n) is 9.39. The minimum absolute atomic E-state index is 0.177. The first-order chi connectivity index (χ1) is 15.1. The number of hydrogen-bond acceptors (Lipinski definition) is 7. The fourth-order valence-corrected chi connectivity index (χ4v) is 3.56. The number of rotatable bonds is 6. The average Bonchev–Trinajstić information content (AvgIpc) is 3.24. The molecule has 0 atom stereocenters. The summed E-state index contributed by atoms with van der Waals surface area (Å²) in [6, 6.07) is 21.2. The molecule has 1 aromatic heterocycles. The molecule has 0 fully saturated rings. The second-order valence-corrected chi connectivity index (χ2v) is 7.49. The average molecular weight is 433 g/mol. The van der Waals surface area contributed by atoms with E-state index in [-0.39, 0.29) is 18.1 Å². The van der Waals surface area contributed by atoms with Gasteiger partial charge in [-0.1, -0.05) is 36.4 Å². The summed E-state index contributed by atoms with van der Waals surface area (Å²) < 4.78 is 5.24. The quantitative estimate of drug-likeness (QED) is 0.290. The molecule has 0 spiro atoms. The minimum Gasteiger partial charge on any atom is -0.504 e. The number of nitrogens with zero attached hydrogens (tertiary/aromatic N) is 1. The van der Waals surface area contributed by atoms with E-state index in [1.165, 1.54) is 23.5 Å². The van der Waals surface area contributed by atoms with Gasteiger partial charge >= 0.3 is 6.09 Å². The van der Waals surface area contributed by atoms with E-state index < -0.39 is 6.09 Å². The lowest BCUT2D eigenvalue weighted by atomic mass is 10.1. The zero-order chi connectivity index (χ0) is 21.6. The van der Waals surface area contributed by atoms with Crippen molar-refractivity contribution in [3.05, 3.63) is 83.7 Å². The van der Waals surface area contributed by atoms with Gasteiger partial charge in [0.25, 0.3) is 0 Å². The summed E-state index contributed by atoms with van der Waals surface area (Å²) in [7, 11) is 0. The van der Waals surface area contributed by atoms with Gasteiger partial charge in [-0.3, -0.25) is 5.32 Å². The van der Waals surface area contributed by atoms with Crippen molar-refractivity contribution in [3.8, 4) is 22.8 Å². The van der Waals surface area contributed by atoms with E-state index in [1.807, 2.05) is 47.8 Å². The Morgan fingerprint density at radius 2 is 1.74 bits per heavy atom. The van der Waals surface area contributed by atoms with Gasteiger partial charge < -0.3 is 20.3 Å². The number of aromatic hydroxyl groups is 2. The van der Waals surface area contributed by atoms with Crippen LogP contribution in [0, 0.1) is 0 Å². The van der Waals surface area contributed by atoms with E-state index in [9.17, 15) is 15.0 Å². The number of phenolic OH excluding ortho intramolecular Hbond substituents is 2. The summed E-state index contributed by atoms with van der Waals surface area (Å²) in [6.07, 6.45) is -0.537.